The van der Waals surface area contributed by atoms with E-state index >= 15 is 0 Å². The molecule has 0 aliphatic carbocycles. The van der Waals surface area contributed by atoms with E-state index in [4.69, 9.17) is 9.47 Å². The van der Waals surface area contributed by atoms with Crippen LogP contribution < -0.4 is 4.74 Å². The highest BCUT2D eigenvalue weighted by Gasteiger charge is 2.28. The molecule has 1 saturated heterocycles. The standard InChI is InChI=1S/C19H23N5O2/c1-23-8-7-20-18(23)12-24-9-10-26-13-17(24)19-21-11-16(22-19)14-3-5-15(25-2)6-4-14/h3-8,11,17H,9-10,12-13H2,1-2H3,(H,21,22)/t17-/m0/s1. The largest absolute Gasteiger partial charge is 0.497 e. The maximum Gasteiger partial charge on any atom is 0.126 e. The zero-order valence-corrected chi connectivity index (χ0v) is 15.1. The summed E-state index contributed by atoms with van der Waals surface area (Å²) >= 11 is 0. The van der Waals surface area contributed by atoms with Gasteiger partial charge in [0.25, 0.3) is 0 Å². The lowest BCUT2D eigenvalue weighted by Gasteiger charge is -2.34. The Morgan fingerprint density at radius 3 is 2.85 bits per heavy atom. The number of ether oxygens (including phenoxy) is 2. The van der Waals surface area contributed by atoms with Crippen molar-refractivity contribution in [2.75, 3.05) is 26.9 Å². The molecule has 3 heterocycles. The average Bonchev–Trinajstić information content (AvgIpc) is 3.32. The van der Waals surface area contributed by atoms with Gasteiger partial charge >= 0.3 is 0 Å². The summed E-state index contributed by atoms with van der Waals surface area (Å²) in [6.07, 6.45) is 5.68. The van der Waals surface area contributed by atoms with Crippen LogP contribution in [0.15, 0.2) is 42.9 Å². The molecule has 1 atom stereocenters. The van der Waals surface area contributed by atoms with Crippen molar-refractivity contribution < 1.29 is 9.47 Å². The number of nitrogens with zero attached hydrogens (tertiary/aromatic N) is 4. The maximum absolute atomic E-state index is 5.72. The highest BCUT2D eigenvalue weighted by Crippen LogP contribution is 2.27. The Morgan fingerprint density at radius 2 is 2.12 bits per heavy atom. The molecule has 1 fully saturated rings. The van der Waals surface area contributed by atoms with Gasteiger partial charge in [0.05, 0.1) is 44.8 Å². The summed E-state index contributed by atoms with van der Waals surface area (Å²) < 4.78 is 13.0. The van der Waals surface area contributed by atoms with E-state index in [0.29, 0.717) is 6.61 Å². The number of aromatic amines is 1. The van der Waals surface area contributed by atoms with E-state index in [0.717, 1.165) is 48.4 Å². The summed E-state index contributed by atoms with van der Waals surface area (Å²) in [4.78, 5) is 14.9. The molecule has 7 nitrogen and oxygen atoms in total. The number of rotatable bonds is 5. The molecule has 1 aliphatic heterocycles. The summed E-state index contributed by atoms with van der Waals surface area (Å²) in [5, 5.41) is 0. The van der Waals surface area contributed by atoms with E-state index in [1.807, 2.05) is 49.9 Å². The Labute approximate surface area is 152 Å². The summed E-state index contributed by atoms with van der Waals surface area (Å²) in [6.45, 7) is 2.99. The minimum absolute atomic E-state index is 0.0902. The molecule has 3 aromatic rings. The maximum atomic E-state index is 5.72. The molecule has 4 rings (SSSR count). The zero-order valence-electron chi connectivity index (χ0n) is 15.1. The number of morpholine rings is 1. The first-order valence-corrected chi connectivity index (χ1v) is 8.72. The molecule has 0 amide bonds. The molecular formula is C19H23N5O2. The van der Waals surface area contributed by atoms with E-state index in [9.17, 15) is 0 Å². The highest BCUT2D eigenvalue weighted by atomic mass is 16.5. The van der Waals surface area contributed by atoms with E-state index in [1.165, 1.54) is 0 Å². The number of aryl methyl sites for hydroxylation is 1. The van der Waals surface area contributed by atoms with Crippen LogP contribution in [-0.4, -0.2) is 51.3 Å². The van der Waals surface area contributed by atoms with Crippen molar-refractivity contribution in [3.05, 3.63) is 54.5 Å². The highest BCUT2D eigenvalue weighted by molar-refractivity contribution is 5.59. The number of aromatic nitrogens is 4. The third-order valence-electron chi connectivity index (χ3n) is 4.82. The minimum atomic E-state index is 0.0902. The van der Waals surface area contributed by atoms with Crippen LogP contribution in [0.4, 0.5) is 0 Å². The molecule has 26 heavy (non-hydrogen) atoms. The molecule has 1 aromatic carbocycles. The van der Waals surface area contributed by atoms with E-state index in [2.05, 4.69) is 24.4 Å². The first-order chi connectivity index (χ1) is 12.7. The van der Waals surface area contributed by atoms with Gasteiger partial charge in [0.1, 0.15) is 17.4 Å². The molecule has 2 aromatic heterocycles. The number of hydrogen-bond donors (Lipinski definition) is 1. The normalized spacial score (nSPS) is 18.2. The van der Waals surface area contributed by atoms with Crippen LogP contribution in [0.2, 0.25) is 0 Å². The van der Waals surface area contributed by atoms with Crippen molar-refractivity contribution in [3.63, 3.8) is 0 Å². The van der Waals surface area contributed by atoms with Gasteiger partial charge in [-0.2, -0.15) is 0 Å². The predicted molar refractivity (Wildman–Crippen MR) is 97.8 cm³/mol. The smallest absolute Gasteiger partial charge is 0.126 e. The van der Waals surface area contributed by atoms with Crippen LogP contribution in [-0.2, 0) is 18.3 Å². The summed E-state index contributed by atoms with van der Waals surface area (Å²) in [7, 11) is 3.69. The second-order valence-corrected chi connectivity index (χ2v) is 6.43. The summed E-state index contributed by atoms with van der Waals surface area (Å²) in [5.74, 6) is 2.80. The lowest BCUT2D eigenvalue weighted by Crippen LogP contribution is -2.40. The van der Waals surface area contributed by atoms with Crippen molar-refractivity contribution in [3.8, 4) is 17.0 Å². The topological polar surface area (TPSA) is 68.2 Å². The summed E-state index contributed by atoms with van der Waals surface area (Å²) in [5.41, 5.74) is 2.07. The minimum Gasteiger partial charge on any atom is -0.497 e. The third kappa shape index (κ3) is 3.36. The van der Waals surface area contributed by atoms with Crippen LogP contribution in [0.25, 0.3) is 11.3 Å². The first kappa shape index (κ1) is 16.8. The van der Waals surface area contributed by atoms with Gasteiger partial charge in [-0.05, 0) is 29.8 Å². The molecule has 1 aliphatic rings. The van der Waals surface area contributed by atoms with E-state index < -0.39 is 0 Å². The fourth-order valence-electron chi connectivity index (χ4n) is 3.23. The molecule has 0 spiro atoms. The quantitative estimate of drug-likeness (QED) is 0.763. The molecule has 0 saturated carbocycles. The second-order valence-electron chi connectivity index (χ2n) is 6.43. The monoisotopic (exact) mass is 353 g/mol. The van der Waals surface area contributed by atoms with Gasteiger partial charge in [0, 0.05) is 26.0 Å². The molecule has 0 unspecified atom stereocenters. The lowest BCUT2D eigenvalue weighted by atomic mass is 10.1. The van der Waals surface area contributed by atoms with Crippen LogP contribution in [0.3, 0.4) is 0 Å². The zero-order chi connectivity index (χ0) is 17.9. The number of nitrogens with one attached hydrogen (secondary N) is 1. The fraction of sp³-hybridized carbons (Fsp3) is 0.368. The van der Waals surface area contributed by atoms with Gasteiger partial charge in [-0.3, -0.25) is 4.90 Å². The van der Waals surface area contributed by atoms with Crippen molar-refractivity contribution in [2.24, 2.45) is 7.05 Å². The Hall–Kier alpha value is -2.64. The van der Waals surface area contributed by atoms with Crippen LogP contribution in [0.5, 0.6) is 5.75 Å². The SMILES string of the molecule is COc1ccc(-c2cnc([C@@H]3COCCN3Cc3nccn3C)[nH]2)cc1. The molecule has 136 valence electrons. The lowest BCUT2D eigenvalue weighted by molar-refractivity contribution is -0.0170. The van der Waals surface area contributed by atoms with Crippen molar-refractivity contribution in [1.82, 2.24) is 24.4 Å². The molecule has 0 radical (unpaired) electrons. The molecule has 1 N–H and O–H groups in total. The Balaban J connectivity index is 1.55. The molecule has 0 bridgehead atoms. The van der Waals surface area contributed by atoms with Crippen LogP contribution in [0.1, 0.15) is 17.7 Å². The van der Waals surface area contributed by atoms with Crippen molar-refractivity contribution >= 4 is 0 Å². The number of benzene rings is 1. The van der Waals surface area contributed by atoms with Gasteiger partial charge in [0.2, 0.25) is 0 Å². The summed E-state index contributed by atoms with van der Waals surface area (Å²) in [6, 6.07) is 8.05. The van der Waals surface area contributed by atoms with Gasteiger partial charge in [0.15, 0.2) is 0 Å². The second kappa shape index (κ2) is 7.31. The van der Waals surface area contributed by atoms with Gasteiger partial charge in [-0.1, -0.05) is 0 Å². The number of hydrogen-bond acceptors (Lipinski definition) is 5. The molecule has 7 heteroatoms. The Kier molecular flexibility index (Phi) is 4.73. The number of methoxy groups -OCH3 is 1. The van der Waals surface area contributed by atoms with Crippen LogP contribution >= 0.6 is 0 Å². The average molecular weight is 353 g/mol. The first-order valence-electron chi connectivity index (χ1n) is 8.72. The van der Waals surface area contributed by atoms with Gasteiger partial charge in [-0.25, -0.2) is 9.97 Å². The molecular weight excluding hydrogens is 330 g/mol. The number of H-pyrrole nitrogens is 1. The van der Waals surface area contributed by atoms with Gasteiger partial charge < -0.3 is 19.0 Å². The van der Waals surface area contributed by atoms with Gasteiger partial charge in [-0.15, -0.1) is 0 Å². The fourth-order valence-corrected chi connectivity index (χ4v) is 3.23. The van der Waals surface area contributed by atoms with Crippen LogP contribution in [0, 0.1) is 0 Å². The Morgan fingerprint density at radius 1 is 1.27 bits per heavy atom. The van der Waals surface area contributed by atoms with Crippen molar-refractivity contribution in [1.29, 1.82) is 0 Å². The van der Waals surface area contributed by atoms with Crippen molar-refractivity contribution in [2.45, 2.75) is 12.6 Å². The Bertz CT molecular complexity index is 855. The predicted octanol–water partition coefficient (Wildman–Crippen LogP) is 2.39. The third-order valence-corrected chi connectivity index (χ3v) is 4.82. The number of imidazole rings is 2. The van der Waals surface area contributed by atoms with E-state index in [-0.39, 0.29) is 6.04 Å². The van der Waals surface area contributed by atoms with E-state index in [1.54, 1.807) is 7.11 Å².